The average molecular weight is 189 g/mol. The molecule has 0 aliphatic carbocycles. The minimum Gasteiger partial charge on any atom is -0.397 e. The van der Waals surface area contributed by atoms with E-state index in [1.165, 1.54) is 6.07 Å². The molecule has 0 fully saturated rings. The topological polar surface area (TPSA) is 69.1 Å². The minimum atomic E-state index is -0.926. The predicted molar refractivity (Wildman–Crippen MR) is 44.3 cm³/mol. The predicted octanol–water partition coefficient (Wildman–Crippen LogP) is 1.16. The zero-order valence-corrected chi connectivity index (χ0v) is 6.73. The summed E-state index contributed by atoms with van der Waals surface area (Å²) < 4.78 is 12.8. The van der Waals surface area contributed by atoms with Gasteiger partial charge < -0.3 is 11.5 Å². The monoisotopic (exact) mass is 188 g/mol. The van der Waals surface area contributed by atoms with Crippen molar-refractivity contribution in [2.45, 2.75) is 0 Å². The van der Waals surface area contributed by atoms with E-state index in [-0.39, 0.29) is 16.3 Å². The van der Waals surface area contributed by atoms with Crippen LogP contribution >= 0.6 is 11.6 Å². The number of hydrogen-bond donors (Lipinski definition) is 2. The average Bonchev–Trinajstić information content (AvgIpc) is 1.97. The first-order valence-electron chi connectivity index (χ1n) is 3.07. The van der Waals surface area contributed by atoms with Crippen LogP contribution in [0.15, 0.2) is 12.1 Å². The van der Waals surface area contributed by atoms with Gasteiger partial charge in [-0.25, -0.2) is 4.39 Å². The maximum Gasteiger partial charge on any atom is 0.253 e. The molecule has 4 N–H and O–H groups in total. The molecule has 1 amide bonds. The second kappa shape index (κ2) is 2.98. The summed E-state index contributed by atoms with van der Waals surface area (Å²) >= 11 is 5.53. The molecule has 12 heavy (non-hydrogen) atoms. The number of nitrogens with two attached hydrogens (primary N) is 2. The lowest BCUT2D eigenvalue weighted by Crippen LogP contribution is -2.14. The van der Waals surface area contributed by atoms with E-state index in [1.807, 2.05) is 0 Å². The summed E-state index contributed by atoms with van der Waals surface area (Å²) in [6.07, 6.45) is 0. The molecule has 3 nitrogen and oxygen atoms in total. The molecule has 1 aromatic carbocycles. The van der Waals surface area contributed by atoms with Crippen molar-refractivity contribution in [3.05, 3.63) is 28.5 Å². The van der Waals surface area contributed by atoms with Gasteiger partial charge in [-0.3, -0.25) is 4.79 Å². The number of anilines is 1. The number of amides is 1. The molecule has 0 aliphatic heterocycles. The lowest BCUT2D eigenvalue weighted by molar-refractivity contribution is 0.0996. The van der Waals surface area contributed by atoms with Crippen molar-refractivity contribution >= 4 is 23.2 Å². The highest BCUT2D eigenvalue weighted by molar-refractivity contribution is 6.36. The Kier molecular flexibility index (Phi) is 2.19. The molecule has 64 valence electrons. The molecule has 0 aliphatic rings. The van der Waals surface area contributed by atoms with Crippen LogP contribution in [0.4, 0.5) is 10.1 Å². The Labute approximate surface area is 73.1 Å². The van der Waals surface area contributed by atoms with Crippen molar-refractivity contribution in [3.8, 4) is 0 Å². The number of benzene rings is 1. The van der Waals surface area contributed by atoms with Gasteiger partial charge in [0.25, 0.3) is 5.91 Å². The first-order valence-corrected chi connectivity index (χ1v) is 3.45. The largest absolute Gasteiger partial charge is 0.397 e. The molecular weight excluding hydrogens is 183 g/mol. The number of primary amides is 1. The molecule has 0 saturated heterocycles. The fourth-order valence-corrected chi connectivity index (χ4v) is 1.04. The van der Waals surface area contributed by atoms with Gasteiger partial charge in [0.1, 0.15) is 5.82 Å². The van der Waals surface area contributed by atoms with Crippen molar-refractivity contribution in [3.63, 3.8) is 0 Å². The molecule has 0 heterocycles. The van der Waals surface area contributed by atoms with E-state index in [1.54, 1.807) is 0 Å². The lowest BCUT2D eigenvalue weighted by atomic mass is 10.2. The molecule has 0 aromatic heterocycles. The normalized spacial score (nSPS) is 9.83. The van der Waals surface area contributed by atoms with Crippen LogP contribution in [-0.4, -0.2) is 5.91 Å². The van der Waals surface area contributed by atoms with E-state index in [0.717, 1.165) is 6.07 Å². The van der Waals surface area contributed by atoms with Crippen LogP contribution in [0.5, 0.6) is 0 Å². The Morgan fingerprint density at radius 3 is 2.50 bits per heavy atom. The van der Waals surface area contributed by atoms with E-state index in [0.29, 0.717) is 0 Å². The van der Waals surface area contributed by atoms with Crippen LogP contribution in [0.2, 0.25) is 5.02 Å². The molecule has 1 aromatic rings. The zero-order valence-electron chi connectivity index (χ0n) is 5.97. The zero-order chi connectivity index (χ0) is 9.30. The smallest absolute Gasteiger partial charge is 0.253 e. The van der Waals surface area contributed by atoms with E-state index < -0.39 is 11.7 Å². The number of rotatable bonds is 1. The number of carbonyl (C=O) groups excluding carboxylic acids is 1. The highest BCUT2D eigenvalue weighted by Gasteiger charge is 2.14. The van der Waals surface area contributed by atoms with Crippen molar-refractivity contribution in [1.82, 2.24) is 0 Å². The Balaban J connectivity index is 3.43. The Morgan fingerprint density at radius 2 is 2.08 bits per heavy atom. The molecule has 0 bridgehead atoms. The SMILES string of the molecule is NC(=O)c1c(F)ccc(N)c1Cl. The van der Waals surface area contributed by atoms with E-state index in [9.17, 15) is 9.18 Å². The van der Waals surface area contributed by atoms with Gasteiger partial charge in [-0.1, -0.05) is 11.6 Å². The summed E-state index contributed by atoms with van der Waals surface area (Å²) in [5.41, 5.74) is 9.95. The van der Waals surface area contributed by atoms with Gasteiger partial charge in [0, 0.05) is 0 Å². The highest BCUT2D eigenvalue weighted by atomic mass is 35.5. The Hall–Kier alpha value is -1.29. The summed E-state index contributed by atoms with van der Waals surface area (Å²) in [5.74, 6) is -1.69. The molecule has 0 saturated carbocycles. The van der Waals surface area contributed by atoms with Crippen LogP contribution in [0.25, 0.3) is 0 Å². The van der Waals surface area contributed by atoms with E-state index in [2.05, 4.69) is 0 Å². The van der Waals surface area contributed by atoms with E-state index in [4.69, 9.17) is 23.1 Å². The molecule has 0 unspecified atom stereocenters. The Morgan fingerprint density at radius 1 is 1.50 bits per heavy atom. The second-order valence-electron chi connectivity index (χ2n) is 2.19. The maximum absolute atomic E-state index is 12.8. The molecule has 1 rings (SSSR count). The van der Waals surface area contributed by atoms with Crippen LogP contribution < -0.4 is 11.5 Å². The Bertz CT molecular complexity index is 340. The fourth-order valence-electron chi connectivity index (χ4n) is 0.794. The van der Waals surface area contributed by atoms with Crippen LogP contribution in [-0.2, 0) is 0 Å². The third-order valence-electron chi connectivity index (χ3n) is 1.37. The fraction of sp³-hybridized carbons (Fsp3) is 0. The number of hydrogen-bond acceptors (Lipinski definition) is 2. The van der Waals surface area contributed by atoms with Gasteiger partial charge in [-0.05, 0) is 12.1 Å². The summed E-state index contributed by atoms with van der Waals surface area (Å²) in [4.78, 5) is 10.6. The number of carbonyl (C=O) groups is 1. The summed E-state index contributed by atoms with van der Waals surface area (Å²) in [5, 5.41) is -0.137. The summed E-state index contributed by atoms with van der Waals surface area (Å²) in [6.45, 7) is 0. The third-order valence-corrected chi connectivity index (χ3v) is 1.77. The molecular formula is C7H6ClFN2O. The first-order chi connectivity index (χ1) is 5.54. The van der Waals surface area contributed by atoms with Gasteiger partial charge in [0.15, 0.2) is 0 Å². The molecule has 5 heteroatoms. The quantitative estimate of drug-likeness (QED) is 0.650. The van der Waals surface area contributed by atoms with Gasteiger partial charge in [-0.2, -0.15) is 0 Å². The van der Waals surface area contributed by atoms with Crippen molar-refractivity contribution in [2.24, 2.45) is 5.73 Å². The van der Waals surface area contributed by atoms with Crippen molar-refractivity contribution < 1.29 is 9.18 Å². The highest BCUT2D eigenvalue weighted by Crippen LogP contribution is 2.24. The van der Waals surface area contributed by atoms with Gasteiger partial charge >= 0.3 is 0 Å². The maximum atomic E-state index is 12.8. The van der Waals surface area contributed by atoms with Crippen LogP contribution in [0.3, 0.4) is 0 Å². The molecule has 0 atom stereocenters. The van der Waals surface area contributed by atoms with Crippen LogP contribution in [0.1, 0.15) is 10.4 Å². The van der Waals surface area contributed by atoms with Gasteiger partial charge in [-0.15, -0.1) is 0 Å². The summed E-state index contributed by atoms with van der Waals surface area (Å²) in [6, 6.07) is 2.31. The second-order valence-corrected chi connectivity index (χ2v) is 2.57. The van der Waals surface area contributed by atoms with Crippen LogP contribution in [0, 0.1) is 5.82 Å². The number of nitrogen functional groups attached to an aromatic ring is 1. The van der Waals surface area contributed by atoms with E-state index >= 15 is 0 Å². The summed E-state index contributed by atoms with van der Waals surface area (Å²) in [7, 11) is 0. The van der Waals surface area contributed by atoms with Crippen molar-refractivity contribution in [2.75, 3.05) is 5.73 Å². The van der Waals surface area contributed by atoms with Crippen molar-refractivity contribution in [1.29, 1.82) is 0 Å². The molecule has 0 spiro atoms. The lowest BCUT2D eigenvalue weighted by Gasteiger charge is -2.03. The number of halogens is 2. The van der Waals surface area contributed by atoms with Gasteiger partial charge in [0.05, 0.1) is 16.3 Å². The minimum absolute atomic E-state index is 0.131. The molecule has 0 radical (unpaired) electrons. The van der Waals surface area contributed by atoms with Gasteiger partial charge in [0.2, 0.25) is 0 Å². The first kappa shape index (κ1) is 8.80. The standard InChI is InChI=1S/C7H6ClFN2O/c8-6-4(10)2-1-3(9)5(6)7(11)12/h1-2H,10H2,(H2,11,12). The third kappa shape index (κ3) is 1.33.